The molecule has 2 nitrogen and oxygen atoms in total. The first-order valence-corrected chi connectivity index (χ1v) is 6.44. The lowest BCUT2D eigenvalue weighted by atomic mass is 10.4. The summed E-state index contributed by atoms with van der Waals surface area (Å²) in [4.78, 5) is 0. The van der Waals surface area contributed by atoms with Crippen LogP contribution in [0.4, 0.5) is 0 Å². The number of thioether (sulfide) groups is 1. The monoisotopic (exact) mass is 192 g/mol. The van der Waals surface area contributed by atoms with Crippen molar-refractivity contribution in [2.75, 3.05) is 17.3 Å². The summed E-state index contributed by atoms with van der Waals surface area (Å²) in [5.41, 5.74) is 0. The van der Waals surface area contributed by atoms with E-state index in [0.29, 0.717) is 0 Å². The molecule has 0 aromatic carbocycles. The average molecular weight is 192 g/mol. The van der Waals surface area contributed by atoms with E-state index in [2.05, 4.69) is 6.58 Å². The standard InChI is InChI=1S/C7H12O2S2/c1-2-5-11(8,9)7-3-4-10-6-7/h2,7H,1,3-6H2. The van der Waals surface area contributed by atoms with Crippen molar-refractivity contribution < 1.29 is 8.42 Å². The van der Waals surface area contributed by atoms with Crippen molar-refractivity contribution in [2.24, 2.45) is 0 Å². The quantitative estimate of drug-likeness (QED) is 0.628. The summed E-state index contributed by atoms with van der Waals surface area (Å²) < 4.78 is 22.7. The third kappa shape index (κ3) is 2.24. The third-order valence-corrected chi connectivity index (χ3v) is 5.24. The molecule has 4 heteroatoms. The van der Waals surface area contributed by atoms with Crippen molar-refractivity contribution in [3.63, 3.8) is 0 Å². The maximum absolute atomic E-state index is 11.3. The molecular formula is C7H12O2S2. The molecule has 11 heavy (non-hydrogen) atoms. The molecule has 1 rings (SSSR count). The highest BCUT2D eigenvalue weighted by Crippen LogP contribution is 2.23. The van der Waals surface area contributed by atoms with Gasteiger partial charge >= 0.3 is 0 Å². The molecule has 0 N–H and O–H groups in total. The zero-order valence-electron chi connectivity index (χ0n) is 6.32. The van der Waals surface area contributed by atoms with Crippen LogP contribution in [0.1, 0.15) is 6.42 Å². The highest BCUT2D eigenvalue weighted by Gasteiger charge is 2.27. The molecule has 0 aliphatic carbocycles. The summed E-state index contributed by atoms with van der Waals surface area (Å²) in [5.74, 6) is 1.90. The lowest BCUT2D eigenvalue weighted by Gasteiger charge is -2.06. The Labute approximate surface area is 72.0 Å². The van der Waals surface area contributed by atoms with Gasteiger partial charge in [0.2, 0.25) is 0 Å². The third-order valence-electron chi connectivity index (χ3n) is 1.75. The summed E-state index contributed by atoms with van der Waals surface area (Å²) in [5, 5.41) is -0.106. The van der Waals surface area contributed by atoms with Gasteiger partial charge in [-0.05, 0) is 12.2 Å². The first-order valence-electron chi connectivity index (χ1n) is 3.57. The van der Waals surface area contributed by atoms with Gasteiger partial charge in [-0.2, -0.15) is 11.8 Å². The van der Waals surface area contributed by atoms with Gasteiger partial charge in [0, 0.05) is 5.75 Å². The Morgan fingerprint density at radius 1 is 1.64 bits per heavy atom. The molecule has 0 spiro atoms. The molecule has 0 radical (unpaired) electrons. The second-order valence-corrected chi connectivity index (χ2v) is 6.08. The van der Waals surface area contributed by atoms with E-state index >= 15 is 0 Å². The molecule has 1 saturated heterocycles. The molecule has 0 amide bonds. The molecule has 0 saturated carbocycles. The molecule has 0 aromatic heterocycles. The van der Waals surface area contributed by atoms with Gasteiger partial charge in [0.05, 0.1) is 11.0 Å². The molecule has 1 atom stereocenters. The van der Waals surface area contributed by atoms with Gasteiger partial charge in [0.15, 0.2) is 9.84 Å². The first-order chi connectivity index (χ1) is 5.17. The molecule has 1 unspecified atom stereocenters. The summed E-state index contributed by atoms with van der Waals surface area (Å²) in [6.07, 6.45) is 2.29. The van der Waals surface area contributed by atoms with Crippen molar-refractivity contribution >= 4 is 21.6 Å². The van der Waals surface area contributed by atoms with E-state index in [1.54, 1.807) is 11.8 Å². The van der Waals surface area contributed by atoms with Crippen molar-refractivity contribution in [1.29, 1.82) is 0 Å². The normalized spacial score (nSPS) is 25.3. The van der Waals surface area contributed by atoms with E-state index in [-0.39, 0.29) is 11.0 Å². The maximum Gasteiger partial charge on any atom is 0.157 e. The Hall–Kier alpha value is 0.0400. The van der Waals surface area contributed by atoms with E-state index in [4.69, 9.17) is 0 Å². The Kier molecular flexibility index (Phi) is 3.01. The molecule has 0 bridgehead atoms. The fourth-order valence-corrected chi connectivity index (χ4v) is 4.49. The van der Waals surface area contributed by atoms with Gasteiger partial charge in [-0.15, -0.1) is 6.58 Å². The topological polar surface area (TPSA) is 34.1 Å². The van der Waals surface area contributed by atoms with E-state index in [1.165, 1.54) is 6.08 Å². The van der Waals surface area contributed by atoms with Gasteiger partial charge in [-0.1, -0.05) is 6.08 Å². The van der Waals surface area contributed by atoms with Crippen molar-refractivity contribution in [2.45, 2.75) is 11.7 Å². The smallest absolute Gasteiger partial charge is 0.157 e. The highest BCUT2D eigenvalue weighted by molar-refractivity contribution is 8.01. The molecule has 1 heterocycles. The minimum atomic E-state index is -2.85. The van der Waals surface area contributed by atoms with E-state index < -0.39 is 9.84 Å². The first kappa shape index (κ1) is 9.13. The summed E-state index contributed by atoms with van der Waals surface area (Å²) in [6.45, 7) is 3.43. The molecule has 0 aromatic rings. The van der Waals surface area contributed by atoms with Crippen LogP contribution < -0.4 is 0 Å². The lowest BCUT2D eigenvalue weighted by Crippen LogP contribution is -2.22. The Morgan fingerprint density at radius 3 is 2.82 bits per heavy atom. The van der Waals surface area contributed by atoms with Crippen LogP contribution >= 0.6 is 11.8 Å². The van der Waals surface area contributed by atoms with Crippen LogP contribution in [-0.4, -0.2) is 30.9 Å². The van der Waals surface area contributed by atoms with Crippen LogP contribution in [0.5, 0.6) is 0 Å². The summed E-state index contributed by atoms with van der Waals surface area (Å²) in [7, 11) is -2.85. The highest BCUT2D eigenvalue weighted by atomic mass is 32.2. The fraction of sp³-hybridized carbons (Fsp3) is 0.714. The van der Waals surface area contributed by atoms with Gasteiger partial charge in [-0.25, -0.2) is 8.42 Å². The Morgan fingerprint density at radius 2 is 2.36 bits per heavy atom. The van der Waals surface area contributed by atoms with Crippen LogP contribution in [-0.2, 0) is 9.84 Å². The molecular weight excluding hydrogens is 180 g/mol. The summed E-state index contributed by atoms with van der Waals surface area (Å²) >= 11 is 1.72. The number of hydrogen-bond acceptors (Lipinski definition) is 3. The Bertz CT molecular complexity index is 225. The molecule has 64 valence electrons. The van der Waals surface area contributed by atoms with E-state index in [9.17, 15) is 8.42 Å². The predicted molar refractivity (Wildman–Crippen MR) is 49.7 cm³/mol. The van der Waals surface area contributed by atoms with Gasteiger partial charge in [0.1, 0.15) is 0 Å². The largest absolute Gasteiger partial charge is 0.228 e. The van der Waals surface area contributed by atoms with Gasteiger partial charge in [0.25, 0.3) is 0 Å². The maximum atomic E-state index is 11.3. The molecule has 1 fully saturated rings. The van der Waals surface area contributed by atoms with Crippen molar-refractivity contribution in [3.05, 3.63) is 12.7 Å². The average Bonchev–Trinajstić information content (AvgIpc) is 2.37. The van der Waals surface area contributed by atoms with Crippen LogP contribution in [0.2, 0.25) is 0 Å². The molecule has 1 aliphatic heterocycles. The van der Waals surface area contributed by atoms with Crippen molar-refractivity contribution in [1.82, 2.24) is 0 Å². The van der Waals surface area contributed by atoms with Crippen LogP contribution in [0.25, 0.3) is 0 Å². The van der Waals surface area contributed by atoms with Crippen molar-refractivity contribution in [3.8, 4) is 0 Å². The SMILES string of the molecule is C=CCS(=O)(=O)C1CCSC1. The van der Waals surface area contributed by atoms with E-state index in [1.807, 2.05) is 0 Å². The van der Waals surface area contributed by atoms with Crippen LogP contribution in [0.3, 0.4) is 0 Å². The summed E-state index contributed by atoms with van der Waals surface area (Å²) in [6, 6.07) is 0. The van der Waals surface area contributed by atoms with E-state index in [0.717, 1.165) is 17.9 Å². The van der Waals surface area contributed by atoms with Gasteiger partial charge < -0.3 is 0 Å². The Balaban J connectivity index is 2.63. The van der Waals surface area contributed by atoms with Gasteiger partial charge in [-0.3, -0.25) is 0 Å². The molecule has 1 aliphatic rings. The zero-order chi connectivity index (χ0) is 8.32. The lowest BCUT2D eigenvalue weighted by molar-refractivity contribution is 0.587. The minimum absolute atomic E-state index is 0.106. The zero-order valence-corrected chi connectivity index (χ0v) is 7.96. The number of rotatable bonds is 3. The number of sulfone groups is 1. The number of hydrogen-bond donors (Lipinski definition) is 0. The van der Waals surface area contributed by atoms with Crippen LogP contribution in [0, 0.1) is 0 Å². The minimum Gasteiger partial charge on any atom is -0.228 e. The van der Waals surface area contributed by atoms with Crippen LogP contribution in [0.15, 0.2) is 12.7 Å². The second kappa shape index (κ2) is 3.63. The second-order valence-electron chi connectivity index (χ2n) is 2.60. The fourth-order valence-electron chi connectivity index (χ4n) is 1.10. The predicted octanol–water partition coefficient (Wildman–Crippen LogP) is 1.09.